The van der Waals surface area contributed by atoms with Gasteiger partial charge >= 0.3 is 0 Å². The van der Waals surface area contributed by atoms with Crippen molar-refractivity contribution in [3.05, 3.63) is 77.6 Å². The molecule has 0 amide bonds. The fourth-order valence-corrected chi connectivity index (χ4v) is 4.91. The highest BCUT2D eigenvalue weighted by Crippen LogP contribution is 2.34. The van der Waals surface area contributed by atoms with Gasteiger partial charge in [-0.1, -0.05) is 0 Å². The van der Waals surface area contributed by atoms with Gasteiger partial charge in [-0.05, 0) is 74.5 Å². The summed E-state index contributed by atoms with van der Waals surface area (Å²) in [5.41, 5.74) is 4.11. The third-order valence-corrected chi connectivity index (χ3v) is 6.74. The van der Waals surface area contributed by atoms with Crippen LogP contribution in [0, 0.1) is 17.1 Å². The molecule has 0 saturated carbocycles. The SMILES string of the molecule is N#Cc1cc(F)ccc1-c1cc2c(o1)C=CN(c1ccc3c(cnn3CCN3CCCC3)c1)C2. The summed E-state index contributed by atoms with van der Waals surface area (Å²) in [6.07, 6.45) is 8.48. The van der Waals surface area contributed by atoms with Crippen molar-refractivity contribution in [3.63, 3.8) is 0 Å². The Balaban J connectivity index is 1.22. The Bertz CT molecular complexity index is 1440. The first-order valence-corrected chi connectivity index (χ1v) is 11.6. The Morgan fingerprint density at radius 3 is 2.79 bits per heavy atom. The van der Waals surface area contributed by atoms with Gasteiger partial charge in [0.15, 0.2) is 0 Å². The van der Waals surface area contributed by atoms with Gasteiger partial charge in [0.05, 0.1) is 36.4 Å². The highest BCUT2D eigenvalue weighted by Gasteiger charge is 2.20. The van der Waals surface area contributed by atoms with Gasteiger partial charge in [0.2, 0.25) is 0 Å². The van der Waals surface area contributed by atoms with Crippen molar-refractivity contribution in [3.8, 4) is 17.4 Å². The van der Waals surface area contributed by atoms with Gasteiger partial charge < -0.3 is 14.2 Å². The van der Waals surface area contributed by atoms with E-state index in [1.165, 1.54) is 38.1 Å². The highest BCUT2D eigenvalue weighted by molar-refractivity contribution is 5.83. The van der Waals surface area contributed by atoms with Crippen LogP contribution in [0.4, 0.5) is 10.1 Å². The second-order valence-electron chi connectivity index (χ2n) is 8.91. The van der Waals surface area contributed by atoms with Crippen molar-refractivity contribution < 1.29 is 8.81 Å². The topological polar surface area (TPSA) is 61.2 Å². The number of hydrogen-bond donors (Lipinski definition) is 0. The molecule has 2 aromatic carbocycles. The summed E-state index contributed by atoms with van der Waals surface area (Å²) in [6, 6.07) is 14.6. The van der Waals surface area contributed by atoms with Gasteiger partial charge in [0.1, 0.15) is 17.3 Å². The van der Waals surface area contributed by atoms with Crippen LogP contribution in [0.1, 0.15) is 29.7 Å². The second-order valence-corrected chi connectivity index (χ2v) is 8.91. The molecule has 0 spiro atoms. The lowest BCUT2D eigenvalue weighted by molar-refractivity contribution is 0.318. The van der Waals surface area contributed by atoms with E-state index < -0.39 is 5.82 Å². The van der Waals surface area contributed by atoms with Crippen molar-refractivity contribution in [2.45, 2.75) is 25.9 Å². The molecular formula is C27H24FN5O. The van der Waals surface area contributed by atoms with Crippen LogP contribution in [0.5, 0.6) is 0 Å². The molecule has 6 rings (SSSR count). The molecule has 0 radical (unpaired) electrons. The molecule has 0 aliphatic carbocycles. The van der Waals surface area contributed by atoms with E-state index in [4.69, 9.17) is 4.42 Å². The molecule has 170 valence electrons. The maximum Gasteiger partial charge on any atom is 0.136 e. The maximum absolute atomic E-state index is 13.5. The van der Waals surface area contributed by atoms with Gasteiger partial charge in [-0.15, -0.1) is 0 Å². The normalized spacial score (nSPS) is 15.7. The number of hydrogen-bond acceptors (Lipinski definition) is 5. The predicted octanol–water partition coefficient (Wildman–Crippen LogP) is 5.39. The van der Waals surface area contributed by atoms with Gasteiger partial charge in [0.25, 0.3) is 0 Å². The van der Waals surface area contributed by atoms with E-state index >= 15 is 0 Å². The average molecular weight is 454 g/mol. The monoisotopic (exact) mass is 453 g/mol. The molecule has 7 heteroatoms. The Labute approximate surface area is 197 Å². The maximum atomic E-state index is 13.5. The lowest BCUT2D eigenvalue weighted by Gasteiger charge is -2.23. The van der Waals surface area contributed by atoms with E-state index in [9.17, 15) is 9.65 Å². The minimum atomic E-state index is -0.433. The number of fused-ring (bicyclic) bond motifs is 2. The van der Waals surface area contributed by atoms with E-state index in [2.05, 4.69) is 43.8 Å². The van der Waals surface area contributed by atoms with Gasteiger partial charge in [-0.25, -0.2) is 4.39 Å². The molecule has 2 aromatic heterocycles. The van der Waals surface area contributed by atoms with E-state index in [0.717, 1.165) is 41.0 Å². The number of anilines is 1. The zero-order valence-electron chi connectivity index (χ0n) is 18.7. The molecule has 34 heavy (non-hydrogen) atoms. The van der Waals surface area contributed by atoms with Crippen LogP contribution in [0.15, 0.2) is 59.3 Å². The van der Waals surface area contributed by atoms with E-state index in [-0.39, 0.29) is 5.56 Å². The molecule has 1 saturated heterocycles. The van der Waals surface area contributed by atoms with Crippen molar-refractivity contribution >= 4 is 22.7 Å². The fourth-order valence-electron chi connectivity index (χ4n) is 4.91. The molecule has 1 fully saturated rings. The van der Waals surface area contributed by atoms with Crippen molar-refractivity contribution in [1.82, 2.24) is 14.7 Å². The molecule has 0 bridgehead atoms. The van der Waals surface area contributed by atoms with Crippen LogP contribution >= 0.6 is 0 Å². The number of nitrogens with zero attached hydrogens (tertiary/aromatic N) is 5. The first-order chi connectivity index (χ1) is 16.7. The molecule has 2 aliphatic heterocycles. The number of likely N-dealkylation sites (tertiary alicyclic amines) is 1. The smallest absolute Gasteiger partial charge is 0.136 e. The van der Waals surface area contributed by atoms with Crippen LogP contribution in [0.2, 0.25) is 0 Å². The Hall–Kier alpha value is -3.89. The predicted molar refractivity (Wildman–Crippen MR) is 129 cm³/mol. The summed E-state index contributed by atoms with van der Waals surface area (Å²) >= 11 is 0. The average Bonchev–Trinajstić information content (AvgIpc) is 3.61. The summed E-state index contributed by atoms with van der Waals surface area (Å²) < 4.78 is 21.6. The molecular weight excluding hydrogens is 429 g/mol. The largest absolute Gasteiger partial charge is 0.456 e. The molecule has 4 heterocycles. The molecule has 0 unspecified atom stereocenters. The van der Waals surface area contributed by atoms with Crippen molar-refractivity contribution in [2.75, 3.05) is 24.5 Å². The number of aromatic nitrogens is 2. The summed E-state index contributed by atoms with van der Waals surface area (Å²) in [5, 5.41) is 15.1. The van der Waals surface area contributed by atoms with Crippen LogP contribution < -0.4 is 4.90 Å². The summed E-state index contributed by atoms with van der Waals surface area (Å²) in [7, 11) is 0. The van der Waals surface area contributed by atoms with Crippen LogP contribution in [0.3, 0.4) is 0 Å². The fraction of sp³-hybridized carbons (Fsp3) is 0.259. The third kappa shape index (κ3) is 3.76. The van der Waals surface area contributed by atoms with Crippen LogP contribution in [0.25, 0.3) is 28.3 Å². The number of nitriles is 1. The highest BCUT2D eigenvalue weighted by atomic mass is 19.1. The number of furan rings is 1. The number of rotatable bonds is 5. The Kier molecular flexibility index (Phi) is 5.16. The molecule has 0 atom stereocenters. The van der Waals surface area contributed by atoms with Crippen molar-refractivity contribution in [2.24, 2.45) is 0 Å². The third-order valence-electron chi connectivity index (χ3n) is 6.74. The summed E-state index contributed by atoms with van der Waals surface area (Å²) in [6.45, 7) is 4.98. The molecule has 2 aliphatic rings. The van der Waals surface area contributed by atoms with Crippen LogP contribution in [-0.4, -0.2) is 34.3 Å². The first-order valence-electron chi connectivity index (χ1n) is 11.6. The quantitative estimate of drug-likeness (QED) is 0.405. The van der Waals surface area contributed by atoms with E-state index in [1.54, 1.807) is 6.07 Å². The Morgan fingerprint density at radius 1 is 1.06 bits per heavy atom. The minimum Gasteiger partial charge on any atom is -0.456 e. The standard InChI is InChI=1S/C27H24FN5O/c28-22-3-5-24(19(13-22)16-29)27-15-21-18-32(10-7-26(21)34-27)23-4-6-25-20(14-23)17-30-33(25)12-11-31-8-1-2-9-31/h3-7,10,13-15,17H,1-2,8-9,11-12,18H2. The first kappa shape index (κ1) is 20.7. The van der Waals surface area contributed by atoms with Crippen LogP contribution in [-0.2, 0) is 13.1 Å². The van der Waals surface area contributed by atoms with Gasteiger partial charge in [0, 0.05) is 34.9 Å². The summed E-state index contributed by atoms with van der Waals surface area (Å²) in [4.78, 5) is 4.67. The van der Waals surface area contributed by atoms with E-state index in [0.29, 0.717) is 17.9 Å². The molecule has 4 aromatic rings. The van der Waals surface area contributed by atoms with Gasteiger partial charge in [-0.3, -0.25) is 4.68 Å². The van der Waals surface area contributed by atoms with Gasteiger partial charge in [-0.2, -0.15) is 10.4 Å². The zero-order valence-corrected chi connectivity index (χ0v) is 18.7. The second kappa shape index (κ2) is 8.47. The summed E-state index contributed by atoms with van der Waals surface area (Å²) in [5.74, 6) is 0.899. The number of halogens is 1. The molecule has 0 N–H and O–H groups in total. The minimum absolute atomic E-state index is 0.263. The van der Waals surface area contributed by atoms with E-state index in [1.807, 2.05) is 24.5 Å². The van der Waals surface area contributed by atoms with Crippen molar-refractivity contribution in [1.29, 1.82) is 5.26 Å². The Morgan fingerprint density at radius 2 is 1.94 bits per heavy atom. The lowest BCUT2D eigenvalue weighted by atomic mass is 10.0. The number of benzene rings is 2. The lowest BCUT2D eigenvalue weighted by Crippen LogP contribution is -2.24. The zero-order chi connectivity index (χ0) is 23.1. The molecule has 6 nitrogen and oxygen atoms in total.